The van der Waals surface area contributed by atoms with Crippen molar-refractivity contribution in [3.05, 3.63) is 45.5 Å². The molecule has 1 atom stereocenters. The van der Waals surface area contributed by atoms with Gasteiger partial charge in [0.15, 0.2) is 0 Å². The first kappa shape index (κ1) is 20.3. The number of hydrogen-bond donors (Lipinski definition) is 0. The third kappa shape index (κ3) is 3.89. The van der Waals surface area contributed by atoms with Gasteiger partial charge in [0.05, 0.1) is 22.0 Å². The molecule has 5 nitrogen and oxygen atoms in total. The second kappa shape index (κ2) is 8.01. The number of nitrogens with zero attached hydrogens (tertiary/aromatic N) is 4. The summed E-state index contributed by atoms with van der Waals surface area (Å²) in [7, 11) is 1.85. The Bertz CT molecular complexity index is 1180. The standard InChI is InChI=1S/C21H22N4OS3/c1-11-13(3)28-21-18(11)20(22-14(4)23-21)27-10-17(26)25(5)12(2)19-24-15-8-6-7-9-16(15)29-19/h6-9,12H,10H2,1-5H3/t12-/m0/s1. The van der Waals surface area contributed by atoms with Gasteiger partial charge in [0.25, 0.3) is 0 Å². The fourth-order valence-corrected chi connectivity index (χ4v) is 6.36. The van der Waals surface area contributed by atoms with E-state index in [0.29, 0.717) is 5.75 Å². The summed E-state index contributed by atoms with van der Waals surface area (Å²) in [4.78, 5) is 30.8. The first-order valence-electron chi connectivity index (χ1n) is 9.33. The van der Waals surface area contributed by atoms with E-state index >= 15 is 0 Å². The van der Waals surface area contributed by atoms with Crippen LogP contribution in [0.2, 0.25) is 0 Å². The largest absolute Gasteiger partial charge is 0.336 e. The summed E-state index contributed by atoms with van der Waals surface area (Å²) >= 11 is 4.82. The molecule has 3 heterocycles. The van der Waals surface area contributed by atoms with Crippen LogP contribution in [-0.4, -0.2) is 38.6 Å². The lowest BCUT2D eigenvalue weighted by atomic mass is 10.2. The van der Waals surface area contributed by atoms with Gasteiger partial charge in [-0.1, -0.05) is 23.9 Å². The molecular formula is C21H22N4OS3. The van der Waals surface area contributed by atoms with Crippen molar-refractivity contribution in [1.29, 1.82) is 0 Å². The normalized spacial score (nSPS) is 12.6. The molecule has 8 heteroatoms. The van der Waals surface area contributed by atoms with Gasteiger partial charge in [0.1, 0.15) is 20.7 Å². The van der Waals surface area contributed by atoms with E-state index in [1.165, 1.54) is 22.2 Å². The van der Waals surface area contributed by atoms with E-state index in [1.807, 2.05) is 39.1 Å². The van der Waals surface area contributed by atoms with Crippen molar-refractivity contribution in [2.75, 3.05) is 12.8 Å². The Balaban J connectivity index is 1.51. The lowest BCUT2D eigenvalue weighted by Gasteiger charge is -2.23. The van der Waals surface area contributed by atoms with Crippen molar-refractivity contribution in [2.24, 2.45) is 0 Å². The fraction of sp³-hybridized carbons (Fsp3) is 0.333. The Kier molecular flexibility index (Phi) is 5.59. The second-order valence-electron chi connectivity index (χ2n) is 7.03. The van der Waals surface area contributed by atoms with Gasteiger partial charge in [0.2, 0.25) is 5.91 Å². The topological polar surface area (TPSA) is 59.0 Å². The van der Waals surface area contributed by atoms with Crippen molar-refractivity contribution in [3.63, 3.8) is 0 Å². The van der Waals surface area contributed by atoms with Crippen LogP contribution in [0, 0.1) is 20.8 Å². The molecular weight excluding hydrogens is 420 g/mol. The molecule has 3 aromatic heterocycles. The van der Waals surface area contributed by atoms with Crippen molar-refractivity contribution < 1.29 is 4.79 Å². The highest BCUT2D eigenvalue weighted by Gasteiger charge is 2.22. The monoisotopic (exact) mass is 442 g/mol. The highest BCUT2D eigenvalue weighted by Crippen LogP contribution is 2.35. The van der Waals surface area contributed by atoms with Gasteiger partial charge in [-0.05, 0) is 45.4 Å². The van der Waals surface area contributed by atoms with Crippen molar-refractivity contribution in [3.8, 4) is 0 Å². The predicted octanol–water partition coefficient (Wildman–Crippen LogP) is 5.54. The van der Waals surface area contributed by atoms with Gasteiger partial charge >= 0.3 is 0 Å². The summed E-state index contributed by atoms with van der Waals surface area (Å²) in [5, 5.41) is 2.93. The summed E-state index contributed by atoms with van der Waals surface area (Å²) in [5.74, 6) is 1.15. The zero-order valence-corrected chi connectivity index (χ0v) is 19.5. The molecule has 0 aliphatic rings. The van der Waals surface area contributed by atoms with E-state index in [9.17, 15) is 4.79 Å². The highest BCUT2D eigenvalue weighted by atomic mass is 32.2. The molecule has 0 bridgehead atoms. The maximum Gasteiger partial charge on any atom is 0.233 e. The number of carbonyl (C=O) groups excluding carboxylic acids is 1. The third-order valence-electron chi connectivity index (χ3n) is 5.08. The molecule has 4 rings (SSSR count). The van der Waals surface area contributed by atoms with E-state index in [0.717, 1.165) is 36.3 Å². The second-order valence-corrected chi connectivity index (χ2v) is 10.3. The van der Waals surface area contributed by atoms with Gasteiger partial charge in [-0.15, -0.1) is 22.7 Å². The smallest absolute Gasteiger partial charge is 0.233 e. The van der Waals surface area contributed by atoms with Crippen molar-refractivity contribution in [1.82, 2.24) is 19.9 Å². The Morgan fingerprint density at radius 1 is 1.14 bits per heavy atom. The number of hydrogen-bond acceptors (Lipinski definition) is 7. The summed E-state index contributed by atoms with van der Waals surface area (Å²) in [6.45, 7) is 8.13. The molecule has 1 aromatic carbocycles. The molecule has 4 aromatic rings. The van der Waals surface area contributed by atoms with Crippen LogP contribution < -0.4 is 0 Å². The van der Waals surface area contributed by atoms with Crippen molar-refractivity contribution >= 4 is 60.8 Å². The number of fused-ring (bicyclic) bond motifs is 2. The van der Waals surface area contributed by atoms with Gasteiger partial charge < -0.3 is 4.90 Å². The Morgan fingerprint density at radius 2 is 1.90 bits per heavy atom. The lowest BCUT2D eigenvalue weighted by molar-refractivity contribution is -0.128. The molecule has 0 spiro atoms. The summed E-state index contributed by atoms with van der Waals surface area (Å²) in [6.07, 6.45) is 0. The van der Waals surface area contributed by atoms with E-state index in [4.69, 9.17) is 4.98 Å². The maximum absolute atomic E-state index is 12.9. The van der Waals surface area contributed by atoms with Gasteiger partial charge in [-0.25, -0.2) is 15.0 Å². The van der Waals surface area contributed by atoms with Crippen LogP contribution in [0.4, 0.5) is 0 Å². The fourth-order valence-electron chi connectivity index (χ4n) is 3.10. The van der Waals surface area contributed by atoms with Crippen LogP contribution in [-0.2, 0) is 4.79 Å². The number of carbonyl (C=O) groups is 1. The van der Waals surface area contributed by atoms with E-state index in [-0.39, 0.29) is 11.9 Å². The minimum atomic E-state index is -0.0715. The van der Waals surface area contributed by atoms with E-state index < -0.39 is 0 Å². The molecule has 0 radical (unpaired) electrons. The Hall–Kier alpha value is -2.03. The number of thioether (sulfide) groups is 1. The molecule has 0 unspecified atom stereocenters. The average Bonchev–Trinajstić information content (AvgIpc) is 3.25. The number of amides is 1. The number of thiazole rings is 1. The predicted molar refractivity (Wildman–Crippen MR) is 123 cm³/mol. The first-order valence-corrected chi connectivity index (χ1v) is 11.9. The molecule has 0 saturated heterocycles. The highest BCUT2D eigenvalue weighted by molar-refractivity contribution is 8.00. The average molecular weight is 443 g/mol. The minimum absolute atomic E-state index is 0.0655. The zero-order chi connectivity index (χ0) is 20.7. The molecule has 150 valence electrons. The third-order valence-corrected chi connectivity index (χ3v) is 8.35. The molecule has 0 fully saturated rings. The molecule has 0 aliphatic carbocycles. The summed E-state index contributed by atoms with van der Waals surface area (Å²) in [5.41, 5.74) is 2.19. The number of aromatic nitrogens is 3. The van der Waals surface area contributed by atoms with Crippen molar-refractivity contribution in [2.45, 2.75) is 38.8 Å². The summed E-state index contributed by atoms with van der Waals surface area (Å²) in [6, 6.07) is 8.00. The van der Waals surface area contributed by atoms with Crippen LogP contribution in [0.3, 0.4) is 0 Å². The van der Waals surface area contributed by atoms with E-state index in [1.54, 1.807) is 27.6 Å². The van der Waals surface area contributed by atoms with Crippen LogP contribution in [0.5, 0.6) is 0 Å². The lowest BCUT2D eigenvalue weighted by Crippen LogP contribution is -2.31. The first-order chi connectivity index (χ1) is 13.8. The van der Waals surface area contributed by atoms with Gasteiger partial charge in [-0.2, -0.15) is 0 Å². The number of thiophene rings is 1. The summed E-state index contributed by atoms with van der Waals surface area (Å²) < 4.78 is 1.15. The number of para-hydroxylation sites is 1. The van der Waals surface area contributed by atoms with Crippen LogP contribution >= 0.6 is 34.4 Å². The minimum Gasteiger partial charge on any atom is -0.336 e. The number of benzene rings is 1. The molecule has 0 saturated carbocycles. The Labute approximate surface area is 182 Å². The van der Waals surface area contributed by atoms with Crippen LogP contribution in [0.15, 0.2) is 29.3 Å². The number of rotatable bonds is 5. The number of aryl methyl sites for hydroxylation is 3. The van der Waals surface area contributed by atoms with E-state index in [2.05, 4.69) is 29.9 Å². The molecule has 1 amide bonds. The quantitative estimate of drug-likeness (QED) is 0.300. The van der Waals surface area contributed by atoms with Gasteiger partial charge in [0, 0.05) is 17.3 Å². The SMILES string of the molecule is Cc1nc(SCC(=O)N(C)[C@@H](C)c2nc3ccccc3s2)c2c(C)c(C)sc2n1. The maximum atomic E-state index is 12.9. The van der Waals surface area contributed by atoms with Gasteiger partial charge in [-0.3, -0.25) is 4.79 Å². The van der Waals surface area contributed by atoms with Crippen LogP contribution in [0.25, 0.3) is 20.4 Å². The Morgan fingerprint density at radius 3 is 2.66 bits per heavy atom. The zero-order valence-electron chi connectivity index (χ0n) is 17.0. The molecule has 0 aliphatic heterocycles. The molecule has 0 N–H and O–H groups in total. The van der Waals surface area contributed by atoms with Crippen LogP contribution in [0.1, 0.15) is 34.2 Å². The molecule has 29 heavy (non-hydrogen) atoms.